The molecule has 0 aliphatic rings. The van der Waals surface area contributed by atoms with Gasteiger partial charge in [0.25, 0.3) is 0 Å². The van der Waals surface area contributed by atoms with E-state index in [1.807, 2.05) is 0 Å². The van der Waals surface area contributed by atoms with Crippen LogP contribution in [0, 0.1) is 0 Å². The Labute approximate surface area is 72.3 Å². The molecule has 5 heteroatoms. The fourth-order valence-corrected chi connectivity index (χ4v) is 0.950. The van der Waals surface area contributed by atoms with Gasteiger partial charge < -0.3 is 4.74 Å². The van der Waals surface area contributed by atoms with Crippen LogP contribution in [-0.4, -0.2) is 22.9 Å². The van der Waals surface area contributed by atoms with E-state index in [-0.39, 0.29) is 12.5 Å². The predicted molar refractivity (Wildman–Crippen MR) is 41.9 cm³/mol. The summed E-state index contributed by atoms with van der Waals surface area (Å²) in [4.78, 5) is 10.7. The van der Waals surface area contributed by atoms with Gasteiger partial charge in [0.1, 0.15) is 6.54 Å². The van der Waals surface area contributed by atoms with Gasteiger partial charge in [0.15, 0.2) is 0 Å². The van der Waals surface area contributed by atoms with Gasteiger partial charge in [-0.1, -0.05) is 0 Å². The SMILES string of the molecule is COC(=O)Cn1cc(Br)cn1. The van der Waals surface area contributed by atoms with Crippen LogP contribution in [-0.2, 0) is 16.1 Å². The monoisotopic (exact) mass is 218 g/mol. The van der Waals surface area contributed by atoms with Crippen molar-refractivity contribution in [3.8, 4) is 0 Å². The van der Waals surface area contributed by atoms with Crippen LogP contribution in [0.3, 0.4) is 0 Å². The molecule has 60 valence electrons. The summed E-state index contributed by atoms with van der Waals surface area (Å²) >= 11 is 3.21. The van der Waals surface area contributed by atoms with Crippen LogP contribution in [0.25, 0.3) is 0 Å². The van der Waals surface area contributed by atoms with Crippen molar-refractivity contribution in [1.82, 2.24) is 9.78 Å². The molecule has 0 spiro atoms. The number of rotatable bonds is 2. The molecule has 0 aliphatic carbocycles. The van der Waals surface area contributed by atoms with E-state index in [1.54, 1.807) is 12.4 Å². The highest BCUT2D eigenvalue weighted by Crippen LogP contribution is 2.05. The highest BCUT2D eigenvalue weighted by molar-refractivity contribution is 9.10. The molecule has 0 amide bonds. The van der Waals surface area contributed by atoms with E-state index in [2.05, 4.69) is 25.8 Å². The van der Waals surface area contributed by atoms with Crippen molar-refractivity contribution in [3.63, 3.8) is 0 Å². The molecule has 4 nitrogen and oxygen atoms in total. The van der Waals surface area contributed by atoms with E-state index in [0.29, 0.717) is 0 Å². The van der Waals surface area contributed by atoms with Crippen molar-refractivity contribution in [2.75, 3.05) is 7.11 Å². The highest BCUT2D eigenvalue weighted by atomic mass is 79.9. The maximum atomic E-state index is 10.7. The first-order valence-electron chi connectivity index (χ1n) is 2.97. The zero-order valence-corrected chi connectivity index (χ0v) is 7.54. The van der Waals surface area contributed by atoms with Crippen LogP contribution < -0.4 is 0 Å². The van der Waals surface area contributed by atoms with Gasteiger partial charge in [-0.2, -0.15) is 5.10 Å². The van der Waals surface area contributed by atoms with Crippen LogP contribution in [0.4, 0.5) is 0 Å². The molecule has 1 rings (SSSR count). The highest BCUT2D eigenvalue weighted by Gasteiger charge is 2.01. The molecule has 0 N–H and O–H groups in total. The molecule has 1 aromatic heterocycles. The lowest BCUT2D eigenvalue weighted by molar-refractivity contribution is -0.141. The van der Waals surface area contributed by atoms with Crippen LogP contribution in [0.2, 0.25) is 0 Å². The number of halogens is 1. The fraction of sp³-hybridized carbons (Fsp3) is 0.333. The average molecular weight is 219 g/mol. The summed E-state index contributed by atoms with van der Waals surface area (Å²) < 4.78 is 6.79. The number of nitrogens with zero attached hydrogens (tertiary/aromatic N) is 2. The standard InChI is InChI=1S/C6H7BrN2O2/c1-11-6(10)4-9-3-5(7)2-8-9/h2-3H,4H2,1H3. The minimum absolute atomic E-state index is 0.155. The van der Waals surface area contributed by atoms with Gasteiger partial charge in [0.05, 0.1) is 17.8 Å². The van der Waals surface area contributed by atoms with Crippen LogP contribution in [0.1, 0.15) is 0 Å². The van der Waals surface area contributed by atoms with E-state index in [1.165, 1.54) is 11.8 Å². The predicted octanol–water partition coefficient (Wildman–Crippen LogP) is 0.819. The number of hydrogen-bond acceptors (Lipinski definition) is 3. The first-order valence-corrected chi connectivity index (χ1v) is 3.76. The van der Waals surface area contributed by atoms with Crippen LogP contribution in [0.5, 0.6) is 0 Å². The Morgan fingerprint density at radius 3 is 3.09 bits per heavy atom. The summed E-state index contributed by atoms with van der Waals surface area (Å²) in [7, 11) is 1.35. The minimum Gasteiger partial charge on any atom is -0.468 e. The molecule has 0 aliphatic heterocycles. The third-order valence-electron chi connectivity index (χ3n) is 1.12. The van der Waals surface area contributed by atoms with Crippen molar-refractivity contribution in [3.05, 3.63) is 16.9 Å². The zero-order valence-electron chi connectivity index (χ0n) is 5.95. The van der Waals surface area contributed by atoms with Crippen molar-refractivity contribution in [1.29, 1.82) is 0 Å². The molecule has 0 aromatic carbocycles. The second-order valence-corrected chi connectivity index (χ2v) is 2.85. The molecule has 1 heterocycles. The molecular formula is C6H7BrN2O2. The molecule has 1 aromatic rings. The Hall–Kier alpha value is -0.840. The number of methoxy groups -OCH3 is 1. The number of carbonyl (C=O) groups excluding carboxylic acids is 1. The van der Waals surface area contributed by atoms with Gasteiger partial charge in [-0.3, -0.25) is 9.48 Å². The largest absolute Gasteiger partial charge is 0.468 e. The topological polar surface area (TPSA) is 44.1 Å². The molecule has 0 radical (unpaired) electrons. The van der Waals surface area contributed by atoms with E-state index >= 15 is 0 Å². The lowest BCUT2D eigenvalue weighted by atomic mass is 10.6. The summed E-state index contributed by atoms with van der Waals surface area (Å²) in [6.07, 6.45) is 3.32. The molecule has 0 atom stereocenters. The van der Waals surface area contributed by atoms with E-state index in [4.69, 9.17) is 0 Å². The number of ether oxygens (including phenoxy) is 1. The third-order valence-corrected chi connectivity index (χ3v) is 1.53. The molecule has 0 saturated heterocycles. The van der Waals surface area contributed by atoms with Gasteiger partial charge in [0.2, 0.25) is 0 Å². The summed E-state index contributed by atoms with van der Waals surface area (Å²) in [5.74, 6) is -0.305. The maximum absolute atomic E-state index is 10.7. The molecule has 0 bridgehead atoms. The maximum Gasteiger partial charge on any atom is 0.327 e. The molecule has 0 fully saturated rings. The molecular weight excluding hydrogens is 212 g/mol. The van der Waals surface area contributed by atoms with Gasteiger partial charge in [-0.15, -0.1) is 0 Å². The number of esters is 1. The van der Waals surface area contributed by atoms with Crippen molar-refractivity contribution < 1.29 is 9.53 Å². The minimum atomic E-state index is -0.305. The first-order chi connectivity index (χ1) is 5.22. The lowest BCUT2D eigenvalue weighted by Gasteiger charge is -1.97. The Morgan fingerprint density at radius 2 is 2.64 bits per heavy atom. The fourth-order valence-electron chi connectivity index (χ4n) is 0.622. The second kappa shape index (κ2) is 3.52. The molecule has 0 unspecified atom stereocenters. The number of carbonyl (C=O) groups is 1. The van der Waals surface area contributed by atoms with E-state index in [9.17, 15) is 4.79 Å². The van der Waals surface area contributed by atoms with Gasteiger partial charge in [0, 0.05) is 6.20 Å². The van der Waals surface area contributed by atoms with Crippen LogP contribution in [0.15, 0.2) is 16.9 Å². The van der Waals surface area contributed by atoms with Crippen molar-refractivity contribution in [2.45, 2.75) is 6.54 Å². The number of hydrogen-bond donors (Lipinski definition) is 0. The Morgan fingerprint density at radius 1 is 1.91 bits per heavy atom. The van der Waals surface area contributed by atoms with Crippen molar-refractivity contribution in [2.24, 2.45) is 0 Å². The smallest absolute Gasteiger partial charge is 0.327 e. The summed E-state index contributed by atoms with van der Waals surface area (Å²) in [5, 5.41) is 3.87. The van der Waals surface area contributed by atoms with Crippen LogP contribution >= 0.6 is 15.9 Å². The lowest BCUT2D eigenvalue weighted by Crippen LogP contribution is -2.11. The first kappa shape index (κ1) is 8.26. The van der Waals surface area contributed by atoms with E-state index in [0.717, 1.165) is 4.47 Å². The Balaban J connectivity index is 2.57. The summed E-state index contributed by atoms with van der Waals surface area (Å²) in [6, 6.07) is 0. The van der Waals surface area contributed by atoms with Gasteiger partial charge in [-0.25, -0.2) is 0 Å². The Kier molecular flexibility index (Phi) is 2.64. The zero-order chi connectivity index (χ0) is 8.27. The van der Waals surface area contributed by atoms with Gasteiger partial charge >= 0.3 is 5.97 Å². The average Bonchev–Trinajstić information content (AvgIpc) is 2.35. The third kappa shape index (κ3) is 2.34. The Bertz CT molecular complexity index is 259. The molecule has 0 saturated carbocycles. The summed E-state index contributed by atoms with van der Waals surface area (Å²) in [5.41, 5.74) is 0. The quantitative estimate of drug-likeness (QED) is 0.691. The summed E-state index contributed by atoms with van der Waals surface area (Å²) in [6.45, 7) is 0.155. The number of aromatic nitrogens is 2. The van der Waals surface area contributed by atoms with Crippen molar-refractivity contribution >= 4 is 21.9 Å². The molecule has 11 heavy (non-hydrogen) atoms. The normalized spacial score (nSPS) is 9.64. The van der Waals surface area contributed by atoms with Gasteiger partial charge in [-0.05, 0) is 15.9 Å². The van der Waals surface area contributed by atoms with E-state index < -0.39 is 0 Å². The second-order valence-electron chi connectivity index (χ2n) is 1.93.